The first-order valence-corrected chi connectivity index (χ1v) is 7.10. The number of ether oxygens (including phenoxy) is 1. The minimum atomic E-state index is -3.05. The van der Waals surface area contributed by atoms with Gasteiger partial charge in [-0.1, -0.05) is 0 Å². The summed E-state index contributed by atoms with van der Waals surface area (Å²) >= 11 is 0. The van der Waals surface area contributed by atoms with Gasteiger partial charge in [0.25, 0.3) is 5.69 Å². The minimum absolute atomic E-state index is 0.0743. The van der Waals surface area contributed by atoms with E-state index in [-0.39, 0.29) is 28.6 Å². The molecule has 98 valence electrons. The third-order valence-electron chi connectivity index (χ3n) is 2.69. The number of benzene rings is 1. The van der Waals surface area contributed by atoms with Crippen LogP contribution in [-0.2, 0) is 9.84 Å². The number of non-ortho nitro benzene ring substituents is 1. The molecule has 7 nitrogen and oxygen atoms in total. The minimum Gasteiger partial charge on any atom is -0.487 e. The predicted octanol–water partition coefficient (Wildman–Crippen LogP) is 0.743. The van der Waals surface area contributed by atoms with Crippen molar-refractivity contribution in [2.24, 2.45) is 0 Å². The number of nitro groups is 1. The Kier molecular flexibility index (Phi) is 3.12. The van der Waals surface area contributed by atoms with Gasteiger partial charge in [0, 0.05) is 6.07 Å². The van der Waals surface area contributed by atoms with Crippen molar-refractivity contribution in [3.8, 4) is 5.75 Å². The maximum atomic E-state index is 11.3. The maximum absolute atomic E-state index is 11.3. The fourth-order valence-corrected chi connectivity index (χ4v) is 3.36. The molecule has 1 heterocycles. The van der Waals surface area contributed by atoms with E-state index < -0.39 is 20.9 Å². The van der Waals surface area contributed by atoms with E-state index in [1.807, 2.05) is 0 Å². The molecular weight excluding hydrogens is 260 g/mol. The fourth-order valence-electron chi connectivity index (χ4n) is 1.77. The van der Waals surface area contributed by atoms with Crippen LogP contribution in [0.2, 0.25) is 0 Å². The zero-order valence-corrected chi connectivity index (χ0v) is 10.2. The van der Waals surface area contributed by atoms with Crippen molar-refractivity contribution in [2.45, 2.75) is 12.5 Å². The standard InChI is InChI=1S/C10H12N2O5S/c11-9-2-1-7(12(13)14)5-10(9)17-8-3-4-18(15,16)6-8/h1-2,5,8H,3-4,6,11H2. The molecule has 1 aromatic carbocycles. The number of nitrogen functional groups attached to an aromatic ring is 1. The first kappa shape index (κ1) is 12.6. The van der Waals surface area contributed by atoms with E-state index in [1.54, 1.807) is 0 Å². The number of nitrogens with two attached hydrogens (primary N) is 1. The summed E-state index contributed by atoms with van der Waals surface area (Å²) in [5, 5.41) is 10.6. The Morgan fingerprint density at radius 2 is 2.17 bits per heavy atom. The maximum Gasteiger partial charge on any atom is 0.273 e. The van der Waals surface area contributed by atoms with Gasteiger partial charge in [0.2, 0.25) is 0 Å². The molecule has 2 N–H and O–H groups in total. The first-order chi connectivity index (χ1) is 8.37. The van der Waals surface area contributed by atoms with Gasteiger partial charge in [0.05, 0.1) is 28.2 Å². The van der Waals surface area contributed by atoms with Gasteiger partial charge in [0.15, 0.2) is 9.84 Å². The van der Waals surface area contributed by atoms with Gasteiger partial charge in [-0.15, -0.1) is 0 Å². The van der Waals surface area contributed by atoms with Gasteiger partial charge in [-0.05, 0) is 12.5 Å². The monoisotopic (exact) mass is 272 g/mol. The summed E-state index contributed by atoms with van der Waals surface area (Å²) in [7, 11) is -3.05. The number of anilines is 1. The first-order valence-electron chi connectivity index (χ1n) is 5.28. The summed E-state index contributed by atoms with van der Waals surface area (Å²) in [5.41, 5.74) is 5.75. The van der Waals surface area contributed by atoms with Gasteiger partial charge < -0.3 is 10.5 Å². The molecule has 0 aromatic heterocycles. The summed E-state index contributed by atoms with van der Waals surface area (Å²) in [5.74, 6) is 0.160. The van der Waals surface area contributed by atoms with Crippen LogP contribution in [0.4, 0.5) is 11.4 Å². The number of nitro benzene ring substituents is 1. The fraction of sp³-hybridized carbons (Fsp3) is 0.400. The molecule has 0 radical (unpaired) electrons. The summed E-state index contributed by atoms with van der Waals surface area (Å²) in [6.07, 6.45) is -0.107. The van der Waals surface area contributed by atoms with Crippen LogP contribution in [0.3, 0.4) is 0 Å². The Balaban J connectivity index is 2.19. The highest BCUT2D eigenvalue weighted by atomic mass is 32.2. The van der Waals surface area contributed by atoms with Crippen molar-refractivity contribution < 1.29 is 18.1 Å². The van der Waals surface area contributed by atoms with Crippen LogP contribution >= 0.6 is 0 Å². The number of sulfone groups is 1. The molecule has 1 atom stereocenters. The van der Waals surface area contributed by atoms with Crippen LogP contribution in [0, 0.1) is 10.1 Å². The third kappa shape index (κ3) is 2.70. The lowest BCUT2D eigenvalue weighted by Crippen LogP contribution is -2.18. The Morgan fingerprint density at radius 1 is 1.44 bits per heavy atom. The molecule has 0 spiro atoms. The molecule has 0 amide bonds. The van der Waals surface area contributed by atoms with Gasteiger partial charge in [-0.25, -0.2) is 8.42 Å². The molecule has 1 fully saturated rings. The van der Waals surface area contributed by atoms with Crippen molar-refractivity contribution in [1.29, 1.82) is 0 Å². The van der Waals surface area contributed by atoms with E-state index in [0.29, 0.717) is 6.42 Å². The van der Waals surface area contributed by atoms with E-state index in [0.717, 1.165) is 0 Å². The predicted molar refractivity (Wildman–Crippen MR) is 65.2 cm³/mol. The van der Waals surface area contributed by atoms with Crippen molar-refractivity contribution in [3.63, 3.8) is 0 Å². The Morgan fingerprint density at radius 3 is 2.72 bits per heavy atom. The van der Waals surface area contributed by atoms with E-state index >= 15 is 0 Å². The van der Waals surface area contributed by atoms with Crippen LogP contribution in [0.15, 0.2) is 18.2 Å². The lowest BCUT2D eigenvalue weighted by atomic mass is 10.2. The molecule has 1 aromatic rings. The number of hydrogen-bond donors (Lipinski definition) is 1. The lowest BCUT2D eigenvalue weighted by Gasteiger charge is -2.13. The second kappa shape index (κ2) is 4.45. The van der Waals surface area contributed by atoms with Crippen LogP contribution in [-0.4, -0.2) is 31.0 Å². The topological polar surface area (TPSA) is 113 Å². The van der Waals surface area contributed by atoms with E-state index in [9.17, 15) is 18.5 Å². The molecule has 18 heavy (non-hydrogen) atoms. The van der Waals surface area contributed by atoms with Gasteiger partial charge >= 0.3 is 0 Å². The largest absolute Gasteiger partial charge is 0.487 e. The van der Waals surface area contributed by atoms with Gasteiger partial charge in [0.1, 0.15) is 11.9 Å². The zero-order valence-electron chi connectivity index (χ0n) is 9.40. The van der Waals surface area contributed by atoms with Gasteiger partial charge in [-0.2, -0.15) is 0 Å². The molecule has 0 bridgehead atoms. The zero-order chi connectivity index (χ0) is 13.3. The molecule has 1 aliphatic rings. The van der Waals surface area contributed by atoms with Crippen molar-refractivity contribution in [1.82, 2.24) is 0 Å². The molecule has 2 rings (SSSR count). The second-order valence-electron chi connectivity index (χ2n) is 4.12. The van der Waals surface area contributed by atoms with Crippen molar-refractivity contribution in [2.75, 3.05) is 17.2 Å². The molecule has 0 aliphatic carbocycles. The molecule has 1 saturated heterocycles. The van der Waals surface area contributed by atoms with E-state index in [2.05, 4.69) is 0 Å². The van der Waals surface area contributed by atoms with Gasteiger partial charge in [-0.3, -0.25) is 10.1 Å². The van der Waals surface area contributed by atoms with E-state index in [1.165, 1.54) is 18.2 Å². The molecule has 0 saturated carbocycles. The highest BCUT2D eigenvalue weighted by Crippen LogP contribution is 2.29. The van der Waals surface area contributed by atoms with Crippen LogP contribution in [0.25, 0.3) is 0 Å². The van der Waals surface area contributed by atoms with E-state index in [4.69, 9.17) is 10.5 Å². The quantitative estimate of drug-likeness (QED) is 0.493. The summed E-state index contributed by atoms with van der Waals surface area (Å²) < 4.78 is 28.0. The normalized spacial score (nSPS) is 21.7. The number of hydrogen-bond acceptors (Lipinski definition) is 6. The summed E-state index contributed by atoms with van der Waals surface area (Å²) in [6.45, 7) is 0. The Hall–Kier alpha value is -1.83. The average molecular weight is 272 g/mol. The highest BCUT2D eigenvalue weighted by Gasteiger charge is 2.30. The molecule has 8 heteroatoms. The van der Waals surface area contributed by atoms with Crippen LogP contribution < -0.4 is 10.5 Å². The van der Waals surface area contributed by atoms with Crippen LogP contribution in [0.5, 0.6) is 5.75 Å². The summed E-state index contributed by atoms with van der Waals surface area (Å²) in [6, 6.07) is 3.85. The summed E-state index contributed by atoms with van der Waals surface area (Å²) in [4.78, 5) is 10.1. The number of rotatable bonds is 3. The second-order valence-corrected chi connectivity index (χ2v) is 6.35. The lowest BCUT2D eigenvalue weighted by molar-refractivity contribution is -0.384. The number of nitrogens with zero attached hydrogens (tertiary/aromatic N) is 1. The third-order valence-corrected chi connectivity index (χ3v) is 4.43. The Labute approximate surface area is 104 Å². The smallest absolute Gasteiger partial charge is 0.273 e. The average Bonchev–Trinajstić information content (AvgIpc) is 2.61. The molecule has 1 aliphatic heterocycles. The van der Waals surface area contributed by atoms with Crippen molar-refractivity contribution >= 4 is 21.2 Å². The molecule has 1 unspecified atom stereocenters. The highest BCUT2D eigenvalue weighted by molar-refractivity contribution is 7.91. The SMILES string of the molecule is Nc1ccc([N+](=O)[O-])cc1OC1CCS(=O)(=O)C1. The van der Waals surface area contributed by atoms with Crippen molar-refractivity contribution in [3.05, 3.63) is 28.3 Å². The molecular formula is C10H12N2O5S. The van der Waals surface area contributed by atoms with Crippen LogP contribution in [0.1, 0.15) is 6.42 Å². The Bertz CT molecular complexity index is 584.